The van der Waals surface area contributed by atoms with Crippen LogP contribution in [0.5, 0.6) is 0 Å². The first-order chi connectivity index (χ1) is 9.92. The summed E-state index contributed by atoms with van der Waals surface area (Å²) in [4.78, 5) is 2.69. The van der Waals surface area contributed by atoms with Gasteiger partial charge in [0.25, 0.3) is 0 Å². The molecule has 1 aliphatic carbocycles. The predicted octanol–water partition coefficient (Wildman–Crippen LogP) is 3.15. The van der Waals surface area contributed by atoms with Gasteiger partial charge >= 0.3 is 0 Å². The van der Waals surface area contributed by atoms with Gasteiger partial charge in [0, 0.05) is 37.8 Å². The van der Waals surface area contributed by atoms with Crippen molar-refractivity contribution in [3.8, 4) is 0 Å². The number of hydrogen-bond donors (Lipinski definition) is 1. The van der Waals surface area contributed by atoms with Crippen LogP contribution in [0.2, 0.25) is 0 Å². The molecule has 1 saturated carbocycles. The fraction of sp³-hybridized carbons (Fsp3) is 1.00. The highest BCUT2D eigenvalue weighted by atomic mass is 16.5. The van der Waals surface area contributed by atoms with Crippen LogP contribution in [0.25, 0.3) is 0 Å². The highest BCUT2D eigenvalue weighted by Crippen LogP contribution is 2.41. The van der Waals surface area contributed by atoms with E-state index in [1.54, 1.807) is 0 Å². The molecular weight excluding hydrogens is 260 g/mol. The second kappa shape index (κ2) is 7.43. The van der Waals surface area contributed by atoms with Crippen LogP contribution in [0.1, 0.15) is 53.9 Å². The Labute approximate surface area is 131 Å². The zero-order valence-electron chi connectivity index (χ0n) is 14.8. The molecule has 2 unspecified atom stereocenters. The molecule has 0 aromatic carbocycles. The molecule has 3 nitrogen and oxygen atoms in total. The van der Waals surface area contributed by atoms with E-state index in [1.807, 2.05) is 0 Å². The molecule has 2 rings (SSSR count). The lowest BCUT2D eigenvalue weighted by molar-refractivity contribution is 0.0215. The molecule has 21 heavy (non-hydrogen) atoms. The van der Waals surface area contributed by atoms with Crippen molar-refractivity contribution in [3.05, 3.63) is 0 Å². The summed E-state index contributed by atoms with van der Waals surface area (Å²) in [5.74, 6) is 2.35. The van der Waals surface area contributed by atoms with E-state index in [-0.39, 0.29) is 0 Å². The van der Waals surface area contributed by atoms with Crippen molar-refractivity contribution in [1.29, 1.82) is 0 Å². The van der Waals surface area contributed by atoms with Gasteiger partial charge in [-0.1, -0.05) is 27.7 Å². The van der Waals surface area contributed by atoms with Crippen LogP contribution < -0.4 is 5.32 Å². The molecule has 0 aromatic heterocycles. The van der Waals surface area contributed by atoms with E-state index in [4.69, 9.17) is 4.74 Å². The van der Waals surface area contributed by atoms with E-state index in [0.717, 1.165) is 38.1 Å². The van der Waals surface area contributed by atoms with Crippen molar-refractivity contribution in [3.63, 3.8) is 0 Å². The molecule has 2 aliphatic rings. The lowest BCUT2D eigenvalue weighted by Gasteiger charge is -2.48. The second-order valence-corrected chi connectivity index (χ2v) is 8.15. The van der Waals surface area contributed by atoms with Crippen LogP contribution in [0.15, 0.2) is 0 Å². The Bertz CT molecular complexity index is 314. The summed E-state index contributed by atoms with van der Waals surface area (Å²) in [5, 5.41) is 3.85. The lowest BCUT2D eigenvalue weighted by atomic mass is 9.88. The van der Waals surface area contributed by atoms with Gasteiger partial charge in [-0.3, -0.25) is 4.90 Å². The van der Waals surface area contributed by atoms with Crippen LogP contribution in [-0.4, -0.2) is 49.3 Å². The van der Waals surface area contributed by atoms with Crippen molar-refractivity contribution in [1.82, 2.24) is 10.2 Å². The number of hydrogen-bond acceptors (Lipinski definition) is 3. The van der Waals surface area contributed by atoms with E-state index < -0.39 is 0 Å². The summed E-state index contributed by atoms with van der Waals surface area (Å²) in [6.45, 7) is 16.8. The Balaban J connectivity index is 1.80. The quantitative estimate of drug-likeness (QED) is 0.696. The van der Waals surface area contributed by atoms with E-state index in [1.165, 1.54) is 25.8 Å². The van der Waals surface area contributed by atoms with Crippen LogP contribution in [0, 0.1) is 17.8 Å². The first-order valence-electron chi connectivity index (χ1n) is 8.99. The highest BCUT2D eigenvalue weighted by molar-refractivity contribution is 5.04. The molecule has 0 amide bonds. The SMILES string of the molecule is CC(C)CCOCCN1CC(C)(C2CC2)NCC1C(C)C. The average molecular weight is 296 g/mol. The maximum atomic E-state index is 5.86. The standard InChI is InChI=1S/C18H36N2O/c1-14(2)8-10-21-11-9-20-13-18(5,16-6-7-16)19-12-17(20)15(3)4/h14-17,19H,6-13H2,1-5H3. The monoisotopic (exact) mass is 296 g/mol. The van der Waals surface area contributed by atoms with Gasteiger partial charge in [0.2, 0.25) is 0 Å². The molecule has 2 fully saturated rings. The first kappa shape index (κ1) is 17.2. The number of rotatable bonds is 8. The predicted molar refractivity (Wildman–Crippen MR) is 89.6 cm³/mol. The summed E-state index contributed by atoms with van der Waals surface area (Å²) in [6, 6.07) is 0.658. The normalized spacial score (nSPS) is 31.3. The first-order valence-corrected chi connectivity index (χ1v) is 8.99. The van der Waals surface area contributed by atoms with Crippen LogP contribution in [-0.2, 0) is 4.74 Å². The van der Waals surface area contributed by atoms with Gasteiger partial charge in [-0.25, -0.2) is 0 Å². The van der Waals surface area contributed by atoms with Crippen LogP contribution >= 0.6 is 0 Å². The third-order valence-electron chi connectivity index (χ3n) is 5.33. The van der Waals surface area contributed by atoms with E-state index in [2.05, 4.69) is 44.8 Å². The van der Waals surface area contributed by atoms with Crippen molar-refractivity contribution in [2.45, 2.75) is 65.5 Å². The van der Waals surface area contributed by atoms with Crippen molar-refractivity contribution < 1.29 is 4.74 Å². The number of ether oxygens (including phenoxy) is 1. The van der Waals surface area contributed by atoms with Crippen LogP contribution in [0.3, 0.4) is 0 Å². The minimum Gasteiger partial charge on any atom is -0.380 e. The molecular formula is C18H36N2O. The van der Waals surface area contributed by atoms with Crippen LogP contribution in [0.4, 0.5) is 0 Å². The average Bonchev–Trinajstić information content (AvgIpc) is 3.22. The van der Waals surface area contributed by atoms with E-state index >= 15 is 0 Å². The van der Waals surface area contributed by atoms with Gasteiger partial charge < -0.3 is 10.1 Å². The van der Waals surface area contributed by atoms with Gasteiger partial charge in [0.15, 0.2) is 0 Å². The fourth-order valence-corrected chi connectivity index (χ4v) is 3.56. The molecule has 0 aromatic rings. The highest BCUT2D eigenvalue weighted by Gasteiger charge is 2.46. The molecule has 3 heteroatoms. The maximum absolute atomic E-state index is 5.86. The summed E-state index contributed by atoms with van der Waals surface area (Å²) in [7, 11) is 0. The van der Waals surface area contributed by atoms with Gasteiger partial charge in [-0.05, 0) is 43.9 Å². The minimum atomic E-state index is 0.337. The minimum absolute atomic E-state index is 0.337. The Morgan fingerprint density at radius 1 is 1.19 bits per heavy atom. The third kappa shape index (κ3) is 4.94. The van der Waals surface area contributed by atoms with Gasteiger partial charge in [-0.15, -0.1) is 0 Å². The molecule has 124 valence electrons. The number of nitrogens with zero attached hydrogens (tertiary/aromatic N) is 1. The summed E-state index contributed by atoms with van der Waals surface area (Å²) in [6.07, 6.45) is 4.00. The van der Waals surface area contributed by atoms with Gasteiger partial charge in [-0.2, -0.15) is 0 Å². The smallest absolute Gasteiger partial charge is 0.0593 e. The lowest BCUT2D eigenvalue weighted by Crippen LogP contribution is -2.65. The Morgan fingerprint density at radius 2 is 1.90 bits per heavy atom. The second-order valence-electron chi connectivity index (χ2n) is 8.15. The van der Waals surface area contributed by atoms with Gasteiger partial charge in [0.05, 0.1) is 6.61 Å². The topological polar surface area (TPSA) is 24.5 Å². The van der Waals surface area contributed by atoms with E-state index in [9.17, 15) is 0 Å². The molecule has 0 bridgehead atoms. The zero-order chi connectivity index (χ0) is 15.5. The maximum Gasteiger partial charge on any atom is 0.0593 e. The van der Waals surface area contributed by atoms with Crippen molar-refractivity contribution >= 4 is 0 Å². The Kier molecular flexibility index (Phi) is 6.10. The van der Waals surface area contributed by atoms with E-state index in [0.29, 0.717) is 17.5 Å². The zero-order valence-corrected chi connectivity index (χ0v) is 14.8. The Morgan fingerprint density at radius 3 is 2.48 bits per heavy atom. The number of nitrogens with one attached hydrogen (secondary N) is 1. The van der Waals surface area contributed by atoms with Crippen molar-refractivity contribution in [2.75, 3.05) is 32.8 Å². The molecule has 2 atom stereocenters. The summed E-state index contributed by atoms with van der Waals surface area (Å²) < 4.78 is 5.86. The molecule has 1 saturated heterocycles. The fourth-order valence-electron chi connectivity index (χ4n) is 3.56. The van der Waals surface area contributed by atoms with Crippen molar-refractivity contribution in [2.24, 2.45) is 17.8 Å². The summed E-state index contributed by atoms with van der Waals surface area (Å²) >= 11 is 0. The largest absolute Gasteiger partial charge is 0.380 e. The Hall–Kier alpha value is -0.120. The van der Waals surface area contributed by atoms with Gasteiger partial charge in [0.1, 0.15) is 0 Å². The third-order valence-corrected chi connectivity index (χ3v) is 5.33. The molecule has 1 heterocycles. The molecule has 0 radical (unpaired) electrons. The summed E-state index contributed by atoms with van der Waals surface area (Å²) in [5.41, 5.74) is 0.337. The number of piperazine rings is 1. The molecule has 1 aliphatic heterocycles. The molecule has 0 spiro atoms. The molecule has 1 N–H and O–H groups in total.